The van der Waals surface area contributed by atoms with Gasteiger partial charge in [-0.25, -0.2) is 0 Å². The minimum absolute atomic E-state index is 0.0586. The first-order valence-corrected chi connectivity index (χ1v) is 7.52. The number of amides is 1. The molecule has 2 aliphatic rings. The Morgan fingerprint density at radius 2 is 2.09 bits per heavy atom. The number of methoxy groups -OCH3 is 1. The molecule has 1 amide bonds. The van der Waals surface area contributed by atoms with Crippen LogP contribution in [0.2, 0.25) is 0 Å². The molecule has 0 bridgehead atoms. The summed E-state index contributed by atoms with van der Waals surface area (Å²) in [5.74, 6) is 1.51. The predicted molar refractivity (Wildman–Crippen MR) is 81.6 cm³/mol. The summed E-state index contributed by atoms with van der Waals surface area (Å²) in [6.07, 6.45) is 0. The number of carbonyl (C=O) groups excluding carboxylic acids is 1. The molecule has 23 heavy (non-hydrogen) atoms. The zero-order valence-electron chi connectivity index (χ0n) is 12.9. The van der Waals surface area contributed by atoms with Crippen molar-refractivity contribution in [3.05, 3.63) is 28.3 Å². The predicted octanol–water partition coefficient (Wildman–Crippen LogP) is 0.660. The summed E-state index contributed by atoms with van der Waals surface area (Å²) in [4.78, 5) is 24.4. The van der Waals surface area contributed by atoms with E-state index in [0.29, 0.717) is 17.6 Å². The highest BCUT2D eigenvalue weighted by Gasteiger charge is 2.38. The summed E-state index contributed by atoms with van der Waals surface area (Å²) in [6, 6.07) is 4.20. The van der Waals surface area contributed by atoms with Gasteiger partial charge in [-0.1, -0.05) is 0 Å². The fraction of sp³-hybridized carbons (Fsp3) is 0.533. The number of nitro groups is 1. The first-order valence-electron chi connectivity index (χ1n) is 7.52. The normalized spacial score (nSPS) is 22.7. The van der Waals surface area contributed by atoms with Gasteiger partial charge >= 0.3 is 5.69 Å². The topological polar surface area (TPSA) is 93.9 Å². The van der Waals surface area contributed by atoms with Crippen molar-refractivity contribution in [2.45, 2.75) is 0 Å². The van der Waals surface area contributed by atoms with Gasteiger partial charge in [0.05, 0.1) is 12.0 Å². The van der Waals surface area contributed by atoms with Gasteiger partial charge in [-0.3, -0.25) is 14.9 Å². The zero-order valence-corrected chi connectivity index (χ0v) is 12.9. The van der Waals surface area contributed by atoms with E-state index in [4.69, 9.17) is 9.47 Å². The molecule has 0 spiro atoms. The number of hydrogen-bond donors (Lipinski definition) is 1. The number of hydrogen-bond acceptors (Lipinski definition) is 6. The highest BCUT2D eigenvalue weighted by molar-refractivity contribution is 5.78. The third-order valence-corrected chi connectivity index (χ3v) is 4.45. The van der Waals surface area contributed by atoms with Crippen molar-refractivity contribution >= 4 is 11.6 Å². The van der Waals surface area contributed by atoms with Crippen molar-refractivity contribution in [3.63, 3.8) is 0 Å². The number of benzene rings is 1. The van der Waals surface area contributed by atoms with E-state index >= 15 is 0 Å². The first-order chi connectivity index (χ1) is 11.1. The number of nitrogens with one attached hydrogen (secondary N) is 1. The van der Waals surface area contributed by atoms with Crippen molar-refractivity contribution in [1.82, 2.24) is 10.2 Å². The number of nitrogens with zero attached hydrogens (tertiary/aromatic N) is 2. The third kappa shape index (κ3) is 3.21. The lowest BCUT2D eigenvalue weighted by atomic mass is 10.0. The molecule has 3 rings (SSSR count). The van der Waals surface area contributed by atoms with Crippen molar-refractivity contribution in [3.8, 4) is 11.5 Å². The van der Waals surface area contributed by atoms with Crippen LogP contribution in [0.1, 0.15) is 0 Å². The second-order valence-electron chi connectivity index (χ2n) is 5.86. The van der Waals surface area contributed by atoms with E-state index in [1.165, 1.54) is 25.3 Å². The number of fused-ring (bicyclic) bond motifs is 1. The lowest BCUT2D eigenvalue weighted by molar-refractivity contribution is -0.385. The molecule has 1 aromatic rings. The van der Waals surface area contributed by atoms with E-state index in [1.807, 2.05) is 4.90 Å². The van der Waals surface area contributed by atoms with Crippen molar-refractivity contribution in [1.29, 1.82) is 0 Å². The largest absolute Gasteiger partial charge is 0.490 e. The molecular weight excluding hydrogens is 302 g/mol. The Kier molecular flexibility index (Phi) is 4.33. The molecule has 8 heteroatoms. The molecule has 0 saturated carbocycles. The maximum Gasteiger partial charge on any atom is 0.311 e. The van der Waals surface area contributed by atoms with E-state index < -0.39 is 4.92 Å². The maximum absolute atomic E-state index is 12.2. The minimum Gasteiger partial charge on any atom is -0.490 e. The molecule has 2 fully saturated rings. The van der Waals surface area contributed by atoms with Gasteiger partial charge in [0.1, 0.15) is 5.75 Å². The molecule has 2 saturated heterocycles. The number of likely N-dealkylation sites (tertiary alicyclic amines) is 1. The van der Waals surface area contributed by atoms with Crippen LogP contribution in [0.4, 0.5) is 5.69 Å². The number of ether oxygens (including phenoxy) is 2. The van der Waals surface area contributed by atoms with Crippen LogP contribution in [0.15, 0.2) is 18.2 Å². The maximum atomic E-state index is 12.2. The summed E-state index contributed by atoms with van der Waals surface area (Å²) < 4.78 is 10.5. The van der Waals surface area contributed by atoms with Gasteiger partial charge < -0.3 is 19.7 Å². The minimum atomic E-state index is -0.523. The van der Waals surface area contributed by atoms with Crippen LogP contribution in [0.3, 0.4) is 0 Å². The molecular formula is C15H19N3O5. The van der Waals surface area contributed by atoms with Gasteiger partial charge in [-0.2, -0.15) is 0 Å². The van der Waals surface area contributed by atoms with Gasteiger partial charge in [-0.05, 0) is 17.9 Å². The Bertz CT molecular complexity index is 609. The summed E-state index contributed by atoms with van der Waals surface area (Å²) in [7, 11) is 1.36. The molecule has 1 aromatic carbocycles. The Morgan fingerprint density at radius 3 is 2.70 bits per heavy atom. The van der Waals surface area contributed by atoms with Crippen LogP contribution in [0, 0.1) is 22.0 Å². The van der Waals surface area contributed by atoms with Crippen molar-refractivity contribution < 1.29 is 19.2 Å². The standard InChI is InChI=1S/C15H19N3O5/c1-22-14-4-12(2-3-13(14)18(20)21)23-9-15(19)17-7-10-5-16-6-11(10)8-17/h2-4,10-11,16H,5-9H2,1H3/t10-,11+. The van der Waals surface area contributed by atoms with E-state index in [0.717, 1.165) is 26.2 Å². The van der Waals surface area contributed by atoms with E-state index in [9.17, 15) is 14.9 Å². The SMILES string of the molecule is COc1cc(OCC(=O)N2C[C@H]3CNC[C@H]3C2)ccc1[N+](=O)[O-]. The number of carbonyl (C=O) groups is 1. The van der Waals surface area contributed by atoms with Gasteiger partial charge in [0, 0.05) is 38.3 Å². The lowest BCUT2D eigenvalue weighted by Gasteiger charge is -2.17. The Labute approximate surface area is 133 Å². The molecule has 124 valence electrons. The highest BCUT2D eigenvalue weighted by Crippen LogP contribution is 2.31. The second kappa shape index (κ2) is 6.41. The zero-order chi connectivity index (χ0) is 16.4. The van der Waals surface area contributed by atoms with Crippen LogP contribution in [-0.4, -0.2) is 55.6 Å². The van der Waals surface area contributed by atoms with Gasteiger partial charge in [-0.15, -0.1) is 0 Å². The number of rotatable bonds is 5. The Hall–Kier alpha value is -2.35. The van der Waals surface area contributed by atoms with E-state index in [2.05, 4.69) is 5.32 Å². The Morgan fingerprint density at radius 1 is 1.39 bits per heavy atom. The third-order valence-electron chi connectivity index (χ3n) is 4.45. The van der Waals surface area contributed by atoms with Crippen LogP contribution in [0.25, 0.3) is 0 Å². The Balaban J connectivity index is 1.58. The van der Waals surface area contributed by atoms with Crippen LogP contribution in [0.5, 0.6) is 11.5 Å². The van der Waals surface area contributed by atoms with Gasteiger partial charge in [0.15, 0.2) is 6.61 Å². The number of nitro benzene ring substituents is 1. The molecule has 0 aliphatic carbocycles. The molecule has 0 radical (unpaired) electrons. The molecule has 8 nitrogen and oxygen atoms in total. The molecule has 2 atom stereocenters. The summed E-state index contributed by atoms with van der Waals surface area (Å²) in [5, 5.41) is 14.2. The van der Waals surface area contributed by atoms with Crippen LogP contribution in [-0.2, 0) is 4.79 Å². The second-order valence-corrected chi connectivity index (χ2v) is 5.86. The summed E-state index contributed by atoms with van der Waals surface area (Å²) in [6.45, 7) is 3.39. The first kappa shape index (κ1) is 15.5. The lowest BCUT2D eigenvalue weighted by Crippen LogP contribution is -2.35. The monoisotopic (exact) mass is 321 g/mol. The highest BCUT2D eigenvalue weighted by atomic mass is 16.6. The molecule has 0 unspecified atom stereocenters. The fourth-order valence-corrected chi connectivity index (χ4v) is 3.19. The average molecular weight is 321 g/mol. The van der Waals surface area contributed by atoms with E-state index in [1.54, 1.807) is 0 Å². The molecule has 0 aromatic heterocycles. The molecule has 2 heterocycles. The smallest absolute Gasteiger partial charge is 0.311 e. The summed E-state index contributed by atoms with van der Waals surface area (Å²) >= 11 is 0. The summed E-state index contributed by atoms with van der Waals surface area (Å²) in [5.41, 5.74) is -0.133. The molecule has 1 N–H and O–H groups in total. The van der Waals surface area contributed by atoms with E-state index in [-0.39, 0.29) is 24.0 Å². The fourth-order valence-electron chi connectivity index (χ4n) is 3.19. The molecule has 2 aliphatic heterocycles. The van der Waals surface area contributed by atoms with Crippen LogP contribution >= 0.6 is 0 Å². The van der Waals surface area contributed by atoms with Crippen molar-refractivity contribution in [2.24, 2.45) is 11.8 Å². The van der Waals surface area contributed by atoms with Crippen LogP contribution < -0.4 is 14.8 Å². The van der Waals surface area contributed by atoms with Gasteiger partial charge in [0.25, 0.3) is 5.91 Å². The average Bonchev–Trinajstić information content (AvgIpc) is 3.13. The van der Waals surface area contributed by atoms with Crippen molar-refractivity contribution in [2.75, 3.05) is 39.9 Å². The van der Waals surface area contributed by atoms with Gasteiger partial charge in [0.2, 0.25) is 5.75 Å². The quantitative estimate of drug-likeness (QED) is 0.632.